The molecule has 2 N–H and O–H groups in total. The number of hydrogen-bond acceptors (Lipinski definition) is 4. The van der Waals surface area contributed by atoms with Gasteiger partial charge in [0.2, 0.25) is 0 Å². The van der Waals surface area contributed by atoms with Crippen molar-refractivity contribution in [3.05, 3.63) is 101 Å². The largest absolute Gasteiger partial charge is 0.372 e. The van der Waals surface area contributed by atoms with E-state index < -0.39 is 11.5 Å². The Morgan fingerprint density at radius 3 is 2.23 bits per heavy atom. The number of amides is 1. The molecule has 3 aromatic carbocycles. The van der Waals surface area contributed by atoms with Crippen molar-refractivity contribution in [2.24, 2.45) is 5.10 Å². The van der Waals surface area contributed by atoms with Crippen LogP contribution in [0.5, 0.6) is 0 Å². The summed E-state index contributed by atoms with van der Waals surface area (Å²) in [6.45, 7) is 12.1. The Bertz CT molecular complexity index is 1180. The van der Waals surface area contributed by atoms with Crippen molar-refractivity contribution < 1.29 is 9.90 Å². The summed E-state index contributed by atoms with van der Waals surface area (Å²) in [4.78, 5) is 15.8. The summed E-state index contributed by atoms with van der Waals surface area (Å²) in [6.07, 6.45) is 2.75. The zero-order chi connectivity index (χ0) is 25.2. The zero-order valence-electron chi connectivity index (χ0n) is 21.2. The van der Waals surface area contributed by atoms with E-state index in [0.29, 0.717) is 17.0 Å². The van der Waals surface area contributed by atoms with Crippen LogP contribution < -0.4 is 10.3 Å². The van der Waals surface area contributed by atoms with Crippen molar-refractivity contribution in [1.29, 1.82) is 0 Å². The smallest absolute Gasteiger partial charge is 0.281 e. The highest BCUT2D eigenvalue weighted by molar-refractivity contribution is 5.91. The quantitative estimate of drug-likeness (QED) is 0.370. The number of fused-ring (bicyclic) bond motifs is 1. The van der Waals surface area contributed by atoms with Gasteiger partial charge in [-0.2, -0.15) is 5.10 Å². The molecule has 1 aliphatic heterocycles. The van der Waals surface area contributed by atoms with Crippen LogP contribution in [0.25, 0.3) is 0 Å². The Labute approximate surface area is 208 Å². The molecule has 0 radical (unpaired) electrons. The third-order valence-corrected chi connectivity index (χ3v) is 7.17. The van der Waals surface area contributed by atoms with E-state index in [-0.39, 0.29) is 5.54 Å². The van der Waals surface area contributed by atoms with Gasteiger partial charge in [0, 0.05) is 17.8 Å². The summed E-state index contributed by atoms with van der Waals surface area (Å²) >= 11 is 0. The van der Waals surface area contributed by atoms with Crippen LogP contribution >= 0.6 is 0 Å². The molecule has 0 spiro atoms. The Morgan fingerprint density at radius 2 is 1.69 bits per heavy atom. The first-order valence-corrected chi connectivity index (χ1v) is 12.3. The van der Waals surface area contributed by atoms with Gasteiger partial charge in [0.15, 0.2) is 5.60 Å². The lowest BCUT2D eigenvalue weighted by Gasteiger charge is -2.47. The van der Waals surface area contributed by atoms with Crippen LogP contribution in [-0.2, 0) is 10.4 Å². The molecule has 0 fully saturated rings. The van der Waals surface area contributed by atoms with Crippen molar-refractivity contribution in [2.75, 3.05) is 11.4 Å². The fourth-order valence-electron chi connectivity index (χ4n) is 5.42. The average molecular weight is 470 g/mol. The van der Waals surface area contributed by atoms with Crippen molar-refractivity contribution >= 4 is 17.8 Å². The van der Waals surface area contributed by atoms with Crippen molar-refractivity contribution in [3.8, 4) is 0 Å². The molecule has 4 rings (SSSR count). The van der Waals surface area contributed by atoms with Crippen LogP contribution in [0.2, 0.25) is 0 Å². The second-order valence-electron chi connectivity index (χ2n) is 10.1. The number of hydrogen-bond donors (Lipinski definition) is 2. The number of carbonyl (C=O) groups is 1. The van der Waals surface area contributed by atoms with Gasteiger partial charge in [-0.25, -0.2) is 5.43 Å². The predicted octanol–water partition coefficient (Wildman–Crippen LogP) is 5.49. The number of rotatable bonds is 6. The van der Waals surface area contributed by atoms with Gasteiger partial charge >= 0.3 is 0 Å². The molecule has 0 bridgehead atoms. The van der Waals surface area contributed by atoms with Gasteiger partial charge in [-0.15, -0.1) is 0 Å². The second-order valence-corrected chi connectivity index (χ2v) is 10.1. The molecule has 0 aliphatic carbocycles. The molecule has 1 atom stereocenters. The number of aryl methyl sites for hydroxylation is 1. The number of hydrazone groups is 1. The average Bonchev–Trinajstić information content (AvgIpc) is 2.85. The van der Waals surface area contributed by atoms with Crippen LogP contribution in [0, 0.1) is 6.92 Å². The number of benzene rings is 3. The molecule has 3 aromatic rings. The predicted molar refractivity (Wildman–Crippen MR) is 143 cm³/mol. The highest BCUT2D eigenvalue weighted by Crippen LogP contribution is 2.44. The normalized spacial score (nSPS) is 17.3. The van der Waals surface area contributed by atoms with Crippen LogP contribution in [0.15, 0.2) is 77.9 Å². The Kier molecular flexibility index (Phi) is 6.82. The first-order chi connectivity index (χ1) is 16.7. The maximum atomic E-state index is 13.3. The highest BCUT2D eigenvalue weighted by atomic mass is 16.3. The summed E-state index contributed by atoms with van der Waals surface area (Å²) in [5, 5.41) is 15.8. The first-order valence-electron chi connectivity index (χ1n) is 12.3. The molecule has 1 heterocycles. The molecular weight excluding hydrogens is 434 g/mol. The maximum Gasteiger partial charge on any atom is 0.281 e. The highest BCUT2D eigenvalue weighted by Gasteiger charge is 2.40. The number of nitrogens with one attached hydrogen (secondary N) is 1. The number of carbonyl (C=O) groups excluding carboxylic acids is 1. The van der Waals surface area contributed by atoms with Crippen molar-refractivity contribution in [1.82, 2.24) is 5.43 Å². The van der Waals surface area contributed by atoms with E-state index in [0.717, 1.165) is 24.1 Å². The lowest BCUT2D eigenvalue weighted by atomic mass is 9.79. The molecule has 0 aromatic heterocycles. The monoisotopic (exact) mass is 469 g/mol. The minimum absolute atomic E-state index is 0.108. The fourth-order valence-corrected chi connectivity index (χ4v) is 5.42. The van der Waals surface area contributed by atoms with Gasteiger partial charge in [-0.1, -0.05) is 67.6 Å². The molecule has 182 valence electrons. The molecule has 1 unspecified atom stereocenters. The number of aliphatic hydroxyl groups is 1. The lowest BCUT2D eigenvalue weighted by molar-refractivity contribution is -0.136. The van der Waals surface area contributed by atoms with E-state index in [1.165, 1.54) is 11.3 Å². The van der Waals surface area contributed by atoms with Crippen LogP contribution in [0.3, 0.4) is 0 Å². The summed E-state index contributed by atoms with van der Waals surface area (Å²) in [6, 6.07) is 22.3. The molecule has 35 heavy (non-hydrogen) atoms. The molecule has 0 saturated carbocycles. The molecule has 5 nitrogen and oxygen atoms in total. The third kappa shape index (κ3) is 4.61. The first kappa shape index (κ1) is 24.7. The van der Waals surface area contributed by atoms with Crippen LogP contribution in [-0.4, -0.2) is 29.3 Å². The van der Waals surface area contributed by atoms with E-state index in [1.54, 1.807) is 54.7 Å². The fraction of sp³-hybridized carbons (Fsp3) is 0.333. The zero-order valence-corrected chi connectivity index (χ0v) is 21.2. The minimum Gasteiger partial charge on any atom is -0.372 e. The second kappa shape index (κ2) is 9.67. The van der Waals surface area contributed by atoms with Gasteiger partial charge in [-0.05, 0) is 80.0 Å². The number of nitrogens with zero attached hydrogens (tertiary/aromatic N) is 2. The molecular formula is C30H35N3O2. The third-order valence-electron chi connectivity index (χ3n) is 7.17. The standard InChI is InChI=1S/C30H35N3O2/c1-6-33-27-17-21(2)23(18-26(27)22(3)19-29(33,4)5)20-31-32-28(34)30(35,24-13-9-7-10-14-24)25-15-11-8-12-16-25/h7-18,20,22,35H,6,19H2,1-5H3,(H,32,34)/b31-20+. The van der Waals surface area contributed by atoms with E-state index in [4.69, 9.17) is 0 Å². The maximum absolute atomic E-state index is 13.3. The van der Waals surface area contributed by atoms with E-state index in [2.05, 4.69) is 62.2 Å². The van der Waals surface area contributed by atoms with E-state index in [1.807, 2.05) is 12.1 Å². The van der Waals surface area contributed by atoms with Crippen molar-refractivity contribution in [2.45, 2.75) is 58.1 Å². The van der Waals surface area contributed by atoms with Gasteiger partial charge in [0.05, 0.1) is 6.21 Å². The summed E-state index contributed by atoms with van der Waals surface area (Å²) in [5.74, 6) is -0.180. The lowest BCUT2D eigenvalue weighted by Crippen LogP contribution is -2.48. The van der Waals surface area contributed by atoms with Gasteiger partial charge in [-0.3, -0.25) is 4.79 Å². The van der Waals surface area contributed by atoms with Crippen molar-refractivity contribution in [3.63, 3.8) is 0 Å². The summed E-state index contributed by atoms with van der Waals surface area (Å²) in [7, 11) is 0. The molecule has 5 heteroatoms. The summed E-state index contributed by atoms with van der Waals surface area (Å²) in [5.41, 5.74) is 6.43. The van der Waals surface area contributed by atoms with Gasteiger partial charge < -0.3 is 10.0 Å². The molecule has 1 aliphatic rings. The van der Waals surface area contributed by atoms with E-state index in [9.17, 15) is 9.90 Å². The topological polar surface area (TPSA) is 64.9 Å². The van der Waals surface area contributed by atoms with Gasteiger partial charge in [0.25, 0.3) is 5.91 Å². The Hall–Kier alpha value is -3.44. The SMILES string of the molecule is CCN1c2cc(C)c(/C=N/NC(=O)C(O)(c3ccccc3)c3ccccc3)cc2C(C)CC1(C)C. The molecule has 1 amide bonds. The summed E-state index contributed by atoms with van der Waals surface area (Å²) < 4.78 is 0. The molecule has 0 saturated heterocycles. The van der Waals surface area contributed by atoms with Gasteiger partial charge in [0.1, 0.15) is 0 Å². The number of anilines is 1. The Balaban J connectivity index is 1.62. The van der Waals surface area contributed by atoms with Crippen LogP contribution in [0.1, 0.15) is 67.9 Å². The van der Waals surface area contributed by atoms with Crippen LogP contribution in [0.4, 0.5) is 5.69 Å². The minimum atomic E-state index is -1.85. The Morgan fingerprint density at radius 1 is 1.11 bits per heavy atom. The van der Waals surface area contributed by atoms with E-state index >= 15 is 0 Å².